The molecule has 0 aromatic carbocycles. The summed E-state index contributed by atoms with van der Waals surface area (Å²) in [6, 6.07) is 0. The lowest BCUT2D eigenvalue weighted by Gasteiger charge is -2.04. The molecule has 2 heteroatoms. The molecule has 1 N–H and O–H groups in total. The molecule has 0 atom stereocenters. The first-order valence-electron chi connectivity index (χ1n) is 13.2. The van der Waals surface area contributed by atoms with Crippen LogP contribution in [0, 0.1) is 0 Å². The van der Waals surface area contributed by atoms with Gasteiger partial charge in [-0.15, -0.1) is 0 Å². The number of hydrogen-bond donors (Lipinski definition) is 1. The number of halogens is 1. The Morgan fingerprint density at radius 2 is 0.759 bits per heavy atom. The summed E-state index contributed by atoms with van der Waals surface area (Å²) in [4.78, 5) is 1.51. The largest absolute Gasteiger partial charge is 1.00 e. The fraction of sp³-hybridized carbons (Fsp3) is 0.926. The monoisotopic (exact) mass is 429 g/mol. The van der Waals surface area contributed by atoms with E-state index in [-0.39, 0.29) is 12.4 Å². The highest BCUT2D eigenvalue weighted by atomic mass is 35.5. The van der Waals surface area contributed by atoms with Crippen molar-refractivity contribution in [3.05, 3.63) is 12.2 Å². The fourth-order valence-corrected chi connectivity index (χ4v) is 3.95. The average molecular weight is 430 g/mol. The second-order valence-corrected chi connectivity index (χ2v) is 9.39. The molecule has 0 bridgehead atoms. The Kier molecular flexibility index (Phi) is 30.1. The quantitative estimate of drug-likeness (QED) is 0.174. The third-order valence-electron chi connectivity index (χ3n) is 5.92. The predicted octanol–water partition coefficient (Wildman–Crippen LogP) is 4.90. The zero-order chi connectivity index (χ0) is 20.5. The van der Waals surface area contributed by atoms with Gasteiger partial charge in [0, 0.05) is 0 Å². The molecule has 0 heterocycles. The molecule has 0 aliphatic heterocycles. The minimum Gasteiger partial charge on any atom is -1.00 e. The normalized spacial score (nSPS) is 11.4. The van der Waals surface area contributed by atoms with Crippen LogP contribution in [-0.2, 0) is 0 Å². The van der Waals surface area contributed by atoms with Gasteiger partial charge in [-0.2, -0.15) is 0 Å². The van der Waals surface area contributed by atoms with E-state index in [4.69, 9.17) is 0 Å². The highest BCUT2D eigenvalue weighted by molar-refractivity contribution is 4.80. The number of quaternary nitrogens is 1. The van der Waals surface area contributed by atoms with Gasteiger partial charge in [-0.1, -0.05) is 135 Å². The molecule has 0 rings (SSSR count). The molecule has 0 aromatic heterocycles. The first-order valence-corrected chi connectivity index (χ1v) is 13.2. The molecule has 0 spiro atoms. The molecule has 0 aromatic rings. The van der Waals surface area contributed by atoms with Crippen molar-refractivity contribution in [2.45, 2.75) is 142 Å². The lowest BCUT2D eigenvalue weighted by Crippen LogP contribution is -3.05. The van der Waals surface area contributed by atoms with Crippen LogP contribution in [-0.4, -0.2) is 20.6 Å². The summed E-state index contributed by atoms with van der Waals surface area (Å²) in [7, 11) is 4.42. The van der Waals surface area contributed by atoms with E-state index >= 15 is 0 Å². The molecule has 0 saturated heterocycles. The lowest BCUT2D eigenvalue weighted by atomic mass is 10.0. The van der Waals surface area contributed by atoms with Crippen LogP contribution >= 0.6 is 0 Å². The van der Waals surface area contributed by atoms with Gasteiger partial charge in [0.05, 0.1) is 20.6 Å². The topological polar surface area (TPSA) is 4.44 Å². The third-order valence-corrected chi connectivity index (χ3v) is 5.92. The van der Waals surface area contributed by atoms with Crippen LogP contribution in [0.5, 0.6) is 0 Å². The van der Waals surface area contributed by atoms with Crippen molar-refractivity contribution in [1.82, 2.24) is 0 Å². The van der Waals surface area contributed by atoms with E-state index < -0.39 is 0 Å². The maximum Gasteiger partial charge on any atom is 0.0953 e. The zero-order valence-corrected chi connectivity index (χ0v) is 21.3. The van der Waals surface area contributed by atoms with Gasteiger partial charge in [-0.25, -0.2) is 0 Å². The summed E-state index contributed by atoms with van der Waals surface area (Å²) >= 11 is 0. The van der Waals surface area contributed by atoms with Gasteiger partial charge in [0.15, 0.2) is 0 Å². The summed E-state index contributed by atoms with van der Waals surface area (Å²) in [5, 5.41) is 0. The van der Waals surface area contributed by atoms with Crippen molar-refractivity contribution in [2.75, 3.05) is 20.6 Å². The van der Waals surface area contributed by atoms with Gasteiger partial charge in [-0.3, -0.25) is 0 Å². The lowest BCUT2D eigenvalue weighted by molar-refractivity contribution is -0.851. The van der Waals surface area contributed by atoms with E-state index in [0.717, 1.165) is 0 Å². The van der Waals surface area contributed by atoms with E-state index in [9.17, 15) is 0 Å². The number of hydrogen-bond acceptors (Lipinski definition) is 0. The van der Waals surface area contributed by atoms with Gasteiger partial charge in [0.1, 0.15) is 0 Å². The highest BCUT2D eigenvalue weighted by Gasteiger charge is 1.95. The Morgan fingerprint density at radius 3 is 1.07 bits per heavy atom. The SMILES string of the molecule is CCCCCCCCCCCCCCCCCCCCCCC=CC[NH+](C)C.[Cl-]. The maximum atomic E-state index is 2.38. The van der Waals surface area contributed by atoms with Crippen LogP contribution in [0.4, 0.5) is 0 Å². The van der Waals surface area contributed by atoms with E-state index in [1.165, 1.54) is 146 Å². The fourth-order valence-electron chi connectivity index (χ4n) is 3.95. The summed E-state index contributed by atoms with van der Waals surface area (Å²) in [5.41, 5.74) is 0. The molecule has 0 amide bonds. The third kappa shape index (κ3) is 30.3. The van der Waals surface area contributed by atoms with Gasteiger partial charge < -0.3 is 17.3 Å². The molecule has 0 saturated carbocycles. The van der Waals surface area contributed by atoms with Gasteiger partial charge >= 0.3 is 0 Å². The minimum atomic E-state index is 0. The summed E-state index contributed by atoms with van der Waals surface area (Å²) in [6.45, 7) is 3.47. The van der Waals surface area contributed by atoms with Crippen LogP contribution in [0.15, 0.2) is 12.2 Å². The molecule has 0 aliphatic carbocycles. The molecule has 0 radical (unpaired) electrons. The predicted molar refractivity (Wildman–Crippen MR) is 129 cm³/mol. The molecular formula is C27H56ClN. The van der Waals surface area contributed by atoms with Crippen molar-refractivity contribution in [2.24, 2.45) is 0 Å². The molecule has 0 aliphatic rings. The summed E-state index contributed by atoms with van der Waals surface area (Å²) < 4.78 is 0. The van der Waals surface area contributed by atoms with Crippen molar-refractivity contribution in [3.8, 4) is 0 Å². The molecule has 0 unspecified atom stereocenters. The van der Waals surface area contributed by atoms with Crippen LogP contribution in [0.25, 0.3) is 0 Å². The second-order valence-electron chi connectivity index (χ2n) is 9.39. The van der Waals surface area contributed by atoms with Crippen molar-refractivity contribution in [1.29, 1.82) is 0 Å². The maximum absolute atomic E-state index is 2.38. The number of nitrogens with one attached hydrogen (secondary N) is 1. The Balaban J connectivity index is 0. The van der Waals surface area contributed by atoms with Gasteiger partial charge in [0.25, 0.3) is 0 Å². The van der Waals surface area contributed by atoms with Crippen molar-refractivity contribution >= 4 is 0 Å². The number of unbranched alkanes of at least 4 members (excludes halogenated alkanes) is 20. The van der Waals surface area contributed by atoms with E-state index in [0.29, 0.717) is 0 Å². The Labute approximate surface area is 191 Å². The van der Waals surface area contributed by atoms with Crippen molar-refractivity contribution < 1.29 is 17.3 Å². The smallest absolute Gasteiger partial charge is 0.0953 e. The average Bonchev–Trinajstić information content (AvgIpc) is 2.68. The van der Waals surface area contributed by atoms with Crippen LogP contribution in [0.2, 0.25) is 0 Å². The first-order chi connectivity index (χ1) is 13.8. The molecule has 29 heavy (non-hydrogen) atoms. The Morgan fingerprint density at radius 1 is 0.448 bits per heavy atom. The van der Waals surface area contributed by atoms with Crippen LogP contribution < -0.4 is 17.3 Å². The number of likely N-dealkylation sites (N-methyl/N-ethyl adjacent to an activating group) is 1. The Hall–Kier alpha value is -0.0100. The number of allylic oxidation sites excluding steroid dienone is 1. The van der Waals surface area contributed by atoms with E-state index in [1.54, 1.807) is 0 Å². The van der Waals surface area contributed by atoms with E-state index in [2.05, 4.69) is 33.2 Å². The molecule has 176 valence electrons. The van der Waals surface area contributed by atoms with E-state index in [1.807, 2.05) is 0 Å². The molecular weight excluding hydrogens is 374 g/mol. The molecule has 0 fully saturated rings. The van der Waals surface area contributed by atoms with Crippen LogP contribution in [0.3, 0.4) is 0 Å². The standard InChI is InChI=1S/C27H55N.ClH/c1-4-5-6-7-8-9-10-11-12-13-14-15-16-17-18-19-20-21-22-23-24-25-26-27-28(2)3;/h25-26H,4-24,27H2,1-3H3;1H. The zero-order valence-electron chi connectivity index (χ0n) is 20.6. The van der Waals surface area contributed by atoms with Gasteiger partial charge in [-0.05, 0) is 18.9 Å². The Bertz CT molecular complexity index is 301. The minimum absolute atomic E-state index is 0. The van der Waals surface area contributed by atoms with Gasteiger partial charge in [0.2, 0.25) is 0 Å². The van der Waals surface area contributed by atoms with Crippen LogP contribution in [0.1, 0.15) is 142 Å². The van der Waals surface area contributed by atoms with Crippen molar-refractivity contribution in [3.63, 3.8) is 0 Å². The molecule has 1 nitrogen and oxygen atoms in total. The summed E-state index contributed by atoms with van der Waals surface area (Å²) in [6.07, 6.45) is 35.3. The highest BCUT2D eigenvalue weighted by Crippen LogP contribution is 2.15. The first kappa shape index (κ1) is 31.2. The summed E-state index contributed by atoms with van der Waals surface area (Å²) in [5.74, 6) is 0. The second kappa shape index (κ2) is 28.0. The number of rotatable bonds is 23.